The molecular formula is C10H19NO4. The number of nitrogens with two attached hydrogens (primary N) is 1. The molecule has 0 aromatic carbocycles. The molecule has 5 heteroatoms. The largest absolute Gasteiger partial charge is 0.465 e. The summed E-state index contributed by atoms with van der Waals surface area (Å²) >= 11 is 0. The van der Waals surface area contributed by atoms with Gasteiger partial charge in [-0.05, 0) is 13.3 Å². The van der Waals surface area contributed by atoms with Crippen LogP contribution in [0.4, 0.5) is 0 Å². The van der Waals surface area contributed by atoms with Crippen LogP contribution in [-0.4, -0.2) is 45.0 Å². The van der Waals surface area contributed by atoms with Crippen molar-refractivity contribution >= 4 is 5.97 Å². The Morgan fingerprint density at radius 2 is 2.47 bits per heavy atom. The molecular weight excluding hydrogens is 198 g/mol. The first-order valence-electron chi connectivity index (χ1n) is 5.31. The molecule has 5 nitrogen and oxygen atoms in total. The molecule has 1 aliphatic heterocycles. The van der Waals surface area contributed by atoms with Crippen molar-refractivity contribution in [2.45, 2.75) is 19.4 Å². The van der Waals surface area contributed by atoms with Crippen molar-refractivity contribution in [3.63, 3.8) is 0 Å². The molecule has 2 N–H and O–H groups in total. The van der Waals surface area contributed by atoms with Crippen molar-refractivity contribution in [3.05, 3.63) is 0 Å². The number of carbonyl (C=O) groups is 1. The molecule has 0 aromatic heterocycles. The van der Waals surface area contributed by atoms with Gasteiger partial charge in [-0.15, -0.1) is 0 Å². The Balaban J connectivity index is 2.05. The van der Waals surface area contributed by atoms with E-state index in [0.717, 1.165) is 19.6 Å². The van der Waals surface area contributed by atoms with Gasteiger partial charge in [-0.2, -0.15) is 0 Å². The molecule has 15 heavy (non-hydrogen) atoms. The number of esters is 1. The summed E-state index contributed by atoms with van der Waals surface area (Å²) in [7, 11) is 0. The fourth-order valence-electron chi connectivity index (χ4n) is 1.39. The summed E-state index contributed by atoms with van der Waals surface area (Å²) in [6, 6.07) is -0.674. The molecule has 0 spiro atoms. The molecule has 0 aromatic rings. The summed E-state index contributed by atoms with van der Waals surface area (Å²) in [5.41, 5.74) is 5.56. The van der Waals surface area contributed by atoms with Crippen LogP contribution in [0.2, 0.25) is 0 Å². The van der Waals surface area contributed by atoms with E-state index in [0.29, 0.717) is 19.1 Å². The van der Waals surface area contributed by atoms with Gasteiger partial charge in [-0.3, -0.25) is 4.79 Å². The topological polar surface area (TPSA) is 70.8 Å². The summed E-state index contributed by atoms with van der Waals surface area (Å²) in [5.74, 6) is 0.0413. The summed E-state index contributed by atoms with van der Waals surface area (Å²) < 4.78 is 15.3. The second-order valence-corrected chi connectivity index (χ2v) is 3.63. The van der Waals surface area contributed by atoms with Gasteiger partial charge in [0.05, 0.1) is 26.4 Å². The Hall–Kier alpha value is -0.650. The zero-order valence-electron chi connectivity index (χ0n) is 9.11. The quantitative estimate of drug-likeness (QED) is 0.631. The van der Waals surface area contributed by atoms with Gasteiger partial charge >= 0.3 is 5.97 Å². The first-order valence-corrected chi connectivity index (χ1v) is 5.31. The lowest BCUT2D eigenvalue weighted by molar-refractivity contribution is -0.146. The van der Waals surface area contributed by atoms with Gasteiger partial charge in [0.25, 0.3) is 0 Å². The van der Waals surface area contributed by atoms with Gasteiger partial charge in [-0.1, -0.05) is 0 Å². The lowest BCUT2D eigenvalue weighted by Crippen LogP contribution is -2.37. The lowest BCUT2D eigenvalue weighted by atomic mass is 10.1. The lowest BCUT2D eigenvalue weighted by Gasteiger charge is -2.12. The zero-order valence-corrected chi connectivity index (χ0v) is 9.11. The average molecular weight is 217 g/mol. The second kappa shape index (κ2) is 6.76. The van der Waals surface area contributed by atoms with Crippen LogP contribution in [-0.2, 0) is 19.0 Å². The zero-order chi connectivity index (χ0) is 11.1. The smallest absolute Gasteiger partial charge is 0.325 e. The van der Waals surface area contributed by atoms with Crippen molar-refractivity contribution in [1.29, 1.82) is 0 Å². The van der Waals surface area contributed by atoms with Crippen LogP contribution in [0.3, 0.4) is 0 Å². The summed E-state index contributed by atoms with van der Waals surface area (Å²) in [5, 5.41) is 0. The van der Waals surface area contributed by atoms with Gasteiger partial charge in [0.2, 0.25) is 0 Å². The van der Waals surface area contributed by atoms with Crippen LogP contribution in [0.25, 0.3) is 0 Å². The van der Waals surface area contributed by atoms with Crippen molar-refractivity contribution in [2.24, 2.45) is 11.7 Å². The van der Waals surface area contributed by atoms with Crippen LogP contribution < -0.4 is 5.73 Å². The van der Waals surface area contributed by atoms with Crippen LogP contribution >= 0.6 is 0 Å². The molecule has 0 bridgehead atoms. The maximum absolute atomic E-state index is 11.1. The summed E-state index contributed by atoms with van der Waals surface area (Å²) in [6.07, 6.45) is 1.02. The molecule has 2 atom stereocenters. The maximum atomic E-state index is 11.1. The molecule has 1 heterocycles. The highest BCUT2D eigenvalue weighted by atomic mass is 16.5. The van der Waals surface area contributed by atoms with Crippen LogP contribution in [0.1, 0.15) is 13.3 Å². The first-order chi connectivity index (χ1) is 7.24. The van der Waals surface area contributed by atoms with Crippen LogP contribution in [0.15, 0.2) is 0 Å². The van der Waals surface area contributed by atoms with Gasteiger partial charge in [0.15, 0.2) is 0 Å². The predicted molar refractivity (Wildman–Crippen MR) is 54.4 cm³/mol. The monoisotopic (exact) mass is 217 g/mol. The Labute approximate surface area is 89.9 Å². The molecule has 88 valence electrons. The minimum Gasteiger partial charge on any atom is -0.465 e. The molecule has 1 fully saturated rings. The summed E-state index contributed by atoms with van der Waals surface area (Å²) in [6.45, 7) is 4.47. The SMILES string of the molecule is CCOC(=O)C(N)COCC1CCOC1. The van der Waals surface area contributed by atoms with E-state index in [-0.39, 0.29) is 6.61 Å². The van der Waals surface area contributed by atoms with Gasteiger partial charge in [0, 0.05) is 12.5 Å². The highest BCUT2D eigenvalue weighted by Crippen LogP contribution is 2.12. The van der Waals surface area contributed by atoms with Crippen molar-refractivity contribution in [3.8, 4) is 0 Å². The molecule has 0 radical (unpaired) electrons. The maximum Gasteiger partial charge on any atom is 0.325 e. The number of hydrogen-bond acceptors (Lipinski definition) is 5. The number of rotatable bonds is 6. The number of hydrogen-bond donors (Lipinski definition) is 1. The Bertz CT molecular complexity index is 192. The number of carbonyl (C=O) groups excluding carboxylic acids is 1. The molecule has 1 saturated heterocycles. The average Bonchev–Trinajstić information content (AvgIpc) is 2.71. The molecule has 0 saturated carbocycles. The Morgan fingerprint density at radius 3 is 3.07 bits per heavy atom. The van der Waals surface area contributed by atoms with E-state index in [1.54, 1.807) is 6.92 Å². The van der Waals surface area contributed by atoms with E-state index in [4.69, 9.17) is 19.9 Å². The standard InChI is InChI=1S/C10H19NO4/c1-2-15-10(12)9(11)7-14-6-8-3-4-13-5-8/h8-9H,2-7,11H2,1H3. The van der Waals surface area contributed by atoms with E-state index < -0.39 is 12.0 Å². The molecule has 0 amide bonds. The van der Waals surface area contributed by atoms with Crippen LogP contribution in [0, 0.1) is 5.92 Å². The second-order valence-electron chi connectivity index (χ2n) is 3.63. The van der Waals surface area contributed by atoms with E-state index in [9.17, 15) is 4.79 Å². The third-order valence-electron chi connectivity index (χ3n) is 2.26. The van der Waals surface area contributed by atoms with Crippen molar-refractivity contribution in [2.75, 3.05) is 33.0 Å². The van der Waals surface area contributed by atoms with E-state index in [1.807, 2.05) is 0 Å². The molecule has 0 aliphatic carbocycles. The highest BCUT2D eigenvalue weighted by molar-refractivity contribution is 5.75. The van der Waals surface area contributed by atoms with E-state index in [2.05, 4.69) is 0 Å². The minimum absolute atomic E-state index is 0.218. The summed E-state index contributed by atoms with van der Waals surface area (Å²) in [4.78, 5) is 11.1. The third kappa shape index (κ3) is 4.59. The third-order valence-corrected chi connectivity index (χ3v) is 2.26. The number of ether oxygens (including phenoxy) is 3. The first kappa shape index (κ1) is 12.4. The fraction of sp³-hybridized carbons (Fsp3) is 0.900. The molecule has 1 aliphatic rings. The van der Waals surface area contributed by atoms with E-state index >= 15 is 0 Å². The Kier molecular flexibility index (Phi) is 5.60. The van der Waals surface area contributed by atoms with Crippen LogP contribution in [0.5, 0.6) is 0 Å². The van der Waals surface area contributed by atoms with Gasteiger partial charge in [0.1, 0.15) is 6.04 Å². The highest BCUT2D eigenvalue weighted by Gasteiger charge is 2.18. The van der Waals surface area contributed by atoms with Crippen molar-refractivity contribution < 1.29 is 19.0 Å². The van der Waals surface area contributed by atoms with Gasteiger partial charge < -0.3 is 19.9 Å². The van der Waals surface area contributed by atoms with E-state index in [1.165, 1.54) is 0 Å². The fourth-order valence-corrected chi connectivity index (χ4v) is 1.39. The predicted octanol–water partition coefficient (Wildman–Crippen LogP) is -0.0701. The Morgan fingerprint density at radius 1 is 1.67 bits per heavy atom. The normalized spacial score (nSPS) is 22.7. The van der Waals surface area contributed by atoms with Crippen molar-refractivity contribution in [1.82, 2.24) is 0 Å². The molecule has 2 unspecified atom stereocenters. The van der Waals surface area contributed by atoms with Gasteiger partial charge in [-0.25, -0.2) is 0 Å². The minimum atomic E-state index is -0.674. The molecule has 1 rings (SSSR count).